The maximum absolute atomic E-state index is 12.9. The first-order valence-corrected chi connectivity index (χ1v) is 10.1. The number of anilines is 1. The number of carbonyl (C=O) groups is 2. The highest BCUT2D eigenvalue weighted by molar-refractivity contribution is 5.96. The molecule has 0 unspecified atom stereocenters. The lowest BCUT2D eigenvalue weighted by Crippen LogP contribution is -2.47. The van der Waals surface area contributed by atoms with Crippen molar-refractivity contribution in [2.24, 2.45) is 0 Å². The van der Waals surface area contributed by atoms with E-state index in [0.29, 0.717) is 18.0 Å². The average molecular weight is 418 g/mol. The van der Waals surface area contributed by atoms with Crippen LogP contribution in [0.5, 0.6) is 11.5 Å². The highest BCUT2D eigenvalue weighted by Crippen LogP contribution is 2.25. The van der Waals surface area contributed by atoms with Crippen LogP contribution in [0.4, 0.5) is 5.69 Å². The van der Waals surface area contributed by atoms with Crippen LogP contribution >= 0.6 is 0 Å². The van der Waals surface area contributed by atoms with Gasteiger partial charge < -0.3 is 9.47 Å². The second-order valence-electron chi connectivity index (χ2n) is 6.95. The van der Waals surface area contributed by atoms with E-state index >= 15 is 0 Å². The standard InChI is InChI=1S/C25H26N2O4/c1-20(28)26(2)27(25(29)17-18-30-19-21-9-5-3-6-10-21)22-13-15-24(16-14-22)31-23-11-7-4-8-12-23/h3-16H,17-19H2,1-2H3. The van der Waals surface area contributed by atoms with E-state index in [2.05, 4.69) is 0 Å². The molecule has 160 valence electrons. The minimum atomic E-state index is -0.247. The number of ether oxygens (including phenoxy) is 2. The number of para-hydroxylation sites is 1. The molecule has 0 radical (unpaired) electrons. The molecule has 6 heteroatoms. The van der Waals surface area contributed by atoms with Gasteiger partial charge in [-0.15, -0.1) is 0 Å². The highest BCUT2D eigenvalue weighted by Gasteiger charge is 2.22. The van der Waals surface area contributed by atoms with Crippen molar-refractivity contribution in [3.05, 3.63) is 90.5 Å². The summed E-state index contributed by atoms with van der Waals surface area (Å²) in [6.45, 7) is 2.10. The topological polar surface area (TPSA) is 59.1 Å². The molecule has 0 aliphatic carbocycles. The fourth-order valence-corrected chi connectivity index (χ4v) is 2.93. The van der Waals surface area contributed by atoms with E-state index in [1.807, 2.05) is 60.7 Å². The molecule has 0 saturated carbocycles. The summed E-state index contributed by atoms with van der Waals surface area (Å²) in [5, 5.41) is 2.66. The number of hydrogen-bond acceptors (Lipinski definition) is 4. The number of benzene rings is 3. The van der Waals surface area contributed by atoms with Gasteiger partial charge >= 0.3 is 0 Å². The molecule has 0 aliphatic rings. The van der Waals surface area contributed by atoms with Crippen molar-refractivity contribution in [2.45, 2.75) is 20.0 Å². The Morgan fingerprint density at radius 3 is 2.00 bits per heavy atom. The molecular formula is C25H26N2O4. The lowest BCUT2D eigenvalue weighted by molar-refractivity contribution is -0.134. The van der Waals surface area contributed by atoms with Gasteiger partial charge in [0, 0.05) is 14.0 Å². The van der Waals surface area contributed by atoms with Crippen LogP contribution in [-0.4, -0.2) is 30.5 Å². The molecule has 6 nitrogen and oxygen atoms in total. The van der Waals surface area contributed by atoms with E-state index in [-0.39, 0.29) is 24.8 Å². The highest BCUT2D eigenvalue weighted by atomic mass is 16.5. The number of nitrogens with zero attached hydrogens (tertiary/aromatic N) is 2. The molecule has 0 spiro atoms. The number of rotatable bonds is 8. The minimum Gasteiger partial charge on any atom is -0.457 e. The molecule has 0 bridgehead atoms. The first-order chi connectivity index (χ1) is 15.0. The Hall–Kier alpha value is -3.64. The Morgan fingerprint density at radius 1 is 0.806 bits per heavy atom. The summed E-state index contributed by atoms with van der Waals surface area (Å²) < 4.78 is 11.4. The molecule has 0 N–H and O–H groups in total. The molecule has 0 atom stereocenters. The van der Waals surface area contributed by atoms with Gasteiger partial charge in [0.2, 0.25) is 11.8 Å². The van der Waals surface area contributed by atoms with Crippen LogP contribution in [0.25, 0.3) is 0 Å². The zero-order valence-electron chi connectivity index (χ0n) is 17.7. The number of hydrogen-bond donors (Lipinski definition) is 0. The number of hydrazine groups is 1. The Balaban J connectivity index is 1.64. The third kappa shape index (κ3) is 6.42. The van der Waals surface area contributed by atoms with Gasteiger partial charge in [-0.25, -0.2) is 5.01 Å². The Bertz CT molecular complexity index is 975. The minimum absolute atomic E-state index is 0.146. The summed E-state index contributed by atoms with van der Waals surface area (Å²) in [6.07, 6.45) is 0.146. The predicted octanol–water partition coefficient (Wildman–Crippen LogP) is 4.81. The summed E-state index contributed by atoms with van der Waals surface area (Å²) in [5.41, 5.74) is 1.62. The second kappa shape index (κ2) is 10.9. The zero-order valence-corrected chi connectivity index (χ0v) is 17.7. The van der Waals surface area contributed by atoms with Crippen LogP contribution in [0.1, 0.15) is 18.9 Å². The summed E-state index contributed by atoms with van der Waals surface area (Å²) >= 11 is 0. The molecule has 0 heterocycles. The van der Waals surface area contributed by atoms with E-state index in [1.54, 1.807) is 31.3 Å². The monoisotopic (exact) mass is 418 g/mol. The fraction of sp³-hybridized carbons (Fsp3) is 0.200. The van der Waals surface area contributed by atoms with Gasteiger partial charge in [-0.05, 0) is 42.0 Å². The molecule has 2 amide bonds. The van der Waals surface area contributed by atoms with Crippen LogP contribution in [0.15, 0.2) is 84.9 Å². The largest absolute Gasteiger partial charge is 0.457 e. The van der Waals surface area contributed by atoms with Crippen molar-refractivity contribution in [2.75, 3.05) is 18.7 Å². The summed E-state index contributed by atoms with van der Waals surface area (Å²) in [4.78, 5) is 24.9. The summed E-state index contributed by atoms with van der Waals surface area (Å²) in [5.74, 6) is 0.879. The van der Waals surface area contributed by atoms with Crippen molar-refractivity contribution in [3.8, 4) is 11.5 Å². The van der Waals surface area contributed by atoms with Gasteiger partial charge in [-0.3, -0.25) is 14.6 Å². The van der Waals surface area contributed by atoms with Crippen molar-refractivity contribution >= 4 is 17.5 Å². The smallest absolute Gasteiger partial charge is 0.248 e. The molecule has 0 aliphatic heterocycles. The molecule has 0 fully saturated rings. The van der Waals surface area contributed by atoms with E-state index < -0.39 is 0 Å². The maximum atomic E-state index is 12.9. The van der Waals surface area contributed by atoms with Crippen molar-refractivity contribution in [1.82, 2.24) is 5.01 Å². The normalized spacial score (nSPS) is 10.4. The molecule has 0 saturated heterocycles. The van der Waals surface area contributed by atoms with Gasteiger partial charge in [0.1, 0.15) is 11.5 Å². The van der Waals surface area contributed by atoms with Gasteiger partial charge in [0.15, 0.2) is 0 Å². The van der Waals surface area contributed by atoms with E-state index in [4.69, 9.17) is 9.47 Å². The lowest BCUT2D eigenvalue weighted by Gasteiger charge is -2.31. The summed E-state index contributed by atoms with van der Waals surface area (Å²) in [7, 11) is 1.57. The Labute approximate surface area is 182 Å². The van der Waals surface area contributed by atoms with E-state index in [9.17, 15) is 9.59 Å². The zero-order chi connectivity index (χ0) is 22.1. The van der Waals surface area contributed by atoms with E-state index in [0.717, 1.165) is 11.3 Å². The van der Waals surface area contributed by atoms with Gasteiger partial charge in [-0.2, -0.15) is 0 Å². The quantitative estimate of drug-likeness (QED) is 0.389. The van der Waals surface area contributed by atoms with Crippen molar-refractivity contribution in [1.29, 1.82) is 0 Å². The molecule has 3 aromatic rings. The third-order valence-electron chi connectivity index (χ3n) is 4.62. The second-order valence-corrected chi connectivity index (χ2v) is 6.95. The van der Waals surface area contributed by atoms with Crippen molar-refractivity contribution < 1.29 is 19.1 Å². The fourth-order valence-electron chi connectivity index (χ4n) is 2.93. The van der Waals surface area contributed by atoms with Crippen LogP contribution < -0.4 is 9.75 Å². The molecule has 31 heavy (non-hydrogen) atoms. The van der Waals surface area contributed by atoms with Gasteiger partial charge in [-0.1, -0.05) is 48.5 Å². The maximum Gasteiger partial charge on any atom is 0.248 e. The van der Waals surface area contributed by atoms with Gasteiger partial charge in [0.25, 0.3) is 0 Å². The first-order valence-electron chi connectivity index (χ1n) is 10.1. The first kappa shape index (κ1) is 22.1. The number of carbonyl (C=O) groups excluding carboxylic acids is 2. The SMILES string of the molecule is CC(=O)N(C)N(C(=O)CCOCc1ccccc1)c1ccc(Oc2ccccc2)cc1. The van der Waals surface area contributed by atoms with Crippen LogP contribution in [0, 0.1) is 0 Å². The summed E-state index contributed by atoms with van der Waals surface area (Å²) in [6, 6.07) is 26.2. The Kier molecular flexibility index (Phi) is 7.79. The molecule has 3 aromatic carbocycles. The lowest BCUT2D eigenvalue weighted by atomic mass is 10.2. The number of amides is 2. The van der Waals surface area contributed by atoms with E-state index in [1.165, 1.54) is 16.9 Å². The third-order valence-corrected chi connectivity index (χ3v) is 4.62. The van der Waals surface area contributed by atoms with Crippen LogP contribution in [-0.2, 0) is 20.9 Å². The van der Waals surface area contributed by atoms with Crippen molar-refractivity contribution in [3.63, 3.8) is 0 Å². The molecule has 0 aromatic heterocycles. The van der Waals surface area contributed by atoms with Gasteiger partial charge in [0.05, 0.1) is 25.3 Å². The predicted molar refractivity (Wildman–Crippen MR) is 120 cm³/mol. The van der Waals surface area contributed by atoms with Crippen LogP contribution in [0.2, 0.25) is 0 Å². The molecular weight excluding hydrogens is 392 g/mol. The average Bonchev–Trinajstić information content (AvgIpc) is 2.79. The Morgan fingerprint density at radius 2 is 1.39 bits per heavy atom. The molecule has 3 rings (SSSR count). The van der Waals surface area contributed by atoms with Crippen LogP contribution in [0.3, 0.4) is 0 Å².